The van der Waals surface area contributed by atoms with Crippen LogP contribution in [0.4, 0.5) is 5.13 Å². The first-order valence-corrected chi connectivity index (χ1v) is 12.4. The Morgan fingerprint density at radius 2 is 1.84 bits per heavy atom. The summed E-state index contributed by atoms with van der Waals surface area (Å²) in [7, 11) is -3.53. The SMILES string of the molecule is O=C(CCS(=O)(=O)c1ccccc1)N(CCCn1ccnc1)c1nc2ccccc2s1. The number of nitrogens with zero attached hydrogens (tertiary/aromatic N) is 4. The van der Waals surface area contributed by atoms with E-state index in [9.17, 15) is 13.2 Å². The third-order valence-electron chi connectivity index (χ3n) is 4.86. The van der Waals surface area contributed by atoms with E-state index in [1.165, 1.54) is 11.3 Å². The summed E-state index contributed by atoms with van der Waals surface area (Å²) < 4.78 is 28.2. The van der Waals surface area contributed by atoms with Gasteiger partial charge in [0.1, 0.15) is 0 Å². The van der Waals surface area contributed by atoms with Crippen LogP contribution in [-0.2, 0) is 21.2 Å². The molecule has 31 heavy (non-hydrogen) atoms. The maximum atomic E-state index is 13.1. The van der Waals surface area contributed by atoms with Gasteiger partial charge in [0.25, 0.3) is 0 Å². The lowest BCUT2D eigenvalue weighted by molar-refractivity contribution is -0.118. The molecule has 9 heteroatoms. The van der Waals surface area contributed by atoms with Gasteiger partial charge in [0.05, 0.1) is 27.2 Å². The smallest absolute Gasteiger partial charge is 0.229 e. The van der Waals surface area contributed by atoms with Crippen LogP contribution in [0.15, 0.2) is 78.2 Å². The number of carbonyl (C=O) groups excluding carboxylic acids is 1. The fourth-order valence-corrected chi connectivity index (χ4v) is 5.49. The molecule has 2 heterocycles. The van der Waals surface area contributed by atoms with Gasteiger partial charge in [0.15, 0.2) is 15.0 Å². The van der Waals surface area contributed by atoms with E-state index in [0.29, 0.717) is 24.6 Å². The molecule has 0 bridgehead atoms. The molecule has 0 saturated carbocycles. The van der Waals surface area contributed by atoms with Gasteiger partial charge in [-0.25, -0.2) is 18.4 Å². The van der Waals surface area contributed by atoms with Crippen molar-refractivity contribution in [3.05, 3.63) is 73.3 Å². The van der Waals surface area contributed by atoms with Gasteiger partial charge in [-0.3, -0.25) is 9.69 Å². The number of rotatable bonds is 9. The average Bonchev–Trinajstić information content (AvgIpc) is 3.45. The molecule has 0 saturated heterocycles. The van der Waals surface area contributed by atoms with E-state index in [0.717, 1.165) is 10.2 Å². The van der Waals surface area contributed by atoms with E-state index in [4.69, 9.17) is 0 Å². The van der Waals surface area contributed by atoms with Crippen molar-refractivity contribution < 1.29 is 13.2 Å². The minimum atomic E-state index is -3.53. The summed E-state index contributed by atoms with van der Waals surface area (Å²) in [5.41, 5.74) is 0.826. The van der Waals surface area contributed by atoms with Crippen molar-refractivity contribution >= 4 is 42.4 Å². The van der Waals surface area contributed by atoms with Gasteiger partial charge >= 0.3 is 0 Å². The van der Waals surface area contributed by atoms with Crippen LogP contribution in [0.2, 0.25) is 0 Å². The molecule has 0 aliphatic carbocycles. The Morgan fingerprint density at radius 1 is 1.06 bits per heavy atom. The van der Waals surface area contributed by atoms with Gasteiger partial charge < -0.3 is 4.57 Å². The Hall–Kier alpha value is -3.04. The normalized spacial score (nSPS) is 11.6. The van der Waals surface area contributed by atoms with Gasteiger partial charge in [-0.05, 0) is 30.7 Å². The van der Waals surface area contributed by atoms with Crippen molar-refractivity contribution in [1.29, 1.82) is 0 Å². The molecule has 2 aromatic heterocycles. The lowest BCUT2D eigenvalue weighted by atomic mass is 10.3. The Kier molecular flexibility index (Phi) is 6.43. The summed E-state index contributed by atoms with van der Waals surface area (Å²) in [6.45, 7) is 1.15. The van der Waals surface area contributed by atoms with Crippen LogP contribution in [-0.4, -0.2) is 41.2 Å². The molecule has 2 aromatic carbocycles. The molecule has 0 aliphatic heterocycles. The van der Waals surface area contributed by atoms with Crippen LogP contribution >= 0.6 is 11.3 Å². The molecule has 0 N–H and O–H groups in total. The van der Waals surface area contributed by atoms with E-state index in [1.54, 1.807) is 47.8 Å². The van der Waals surface area contributed by atoms with Crippen LogP contribution in [0.25, 0.3) is 10.2 Å². The van der Waals surface area contributed by atoms with Crippen molar-refractivity contribution in [1.82, 2.24) is 14.5 Å². The number of benzene rings is 2. The number of imidazole rings is 1. The van der Waals surface area contributed by atoms with Gasteiger partial charge in [0.2, 0.25) is 5.91 Å². The number of sulfone groups is 1. The zero-order chi connectivity index (χ0) is 21.7. The quantitative estimate of drug-likeness (QED) is 0.384. The number of aromatic nitrogens is 3. The number of amides is 1. The number of aryl methyl sites for hydroxylation is 1. The van der Waals surface area contributed by atoms with E-state index in [2.05, 4.69) is 9.97 Å². The summed E-state index contributed by atoms with van der Waals surface area (Å²) >= 11 is 1.44. The van der Waals surface area contributed by atoms with Crippen molar-refractivity contribution in [3.63, 3.8) is 0 Å². The number of anilines is 1. The second-order valence-corrected chi connectivity index (χ2v) is 10.2. The predicted octanol–water partition coefficient (Wildman–Crippen LogP) is 3.78. The van der Waals surface area contributed by atoms with E-state index in [-0.39, 0.29) is 23.0 Å². The van der Waals surface area contributed by atoms with Gasteiger partial charge in [0, 0.05) is 31.9 Å². The molecule has 4 aromatic rings. The molecule has 1 amide bonds. The molecule has 0 fully saturated rings. The molecule has 7 nitrogen and oxygen atoms in total. The monoisotopic (exact) mass is 454 g/mol. The molecule has 160 valence electrons. The molecule has 0 atom stereocenters. The lowest BCUT2D eigenvalue weighted by Gasteiger charge is -2.20. The zero-order valence-electron chi connectivity index (χ0n) is 16.8. The number of carbonyl (C=O) groups is 1. The Balaban J connectivity index is 1.50. The summed E-state index contributed by atoms with van der Waals surface area (Å²) in [5, 5.41) is 0.592. The largest absolute Gasteiger partial charge is 0.337 e. The first-order chi connectivity index (χ1) is 15.0. The summed E-state index contributed by atoms with van der Waals surface area (Å²) in [6.07, 6.45) is 5.92. The highest BCUT2D eigenvalue weighted by atomic mass is 32.2. The summed E-state index contributed by atoms with van der Waals surface area (Å²) in [6, 6.07) is 15.9. The Labute approximate surface area is 184 Å². The molecule has 0 aliphatic rings. The van der Waals surface area contributed by atoms with Gasteiger partial charge in [-0.15, -0.1) is 0 Å². The van der Waals surface area contributed by atoms with Crippen molar-refractivity contribution in [2.45, 2.75) is 24.3 Å². The molecule has 0 spiro atoms. The van der Waals surface area contributed by atoms with Crippen LogP contribution in [0, 0.1) is 0 Å². The van der Waals surface area contributed by atoms with Crippen LogP contribution < -0.4 is 4.90 Å². The number of thiazole rings is 1. The number of hydrogen-bond acceptors (Lipinski definition) is 6. The third-order valence-corrected chi connectivity index (χ3v) is 7.65. The average molecular weight is 455 g/mol. The maximum Gasteiger partial charge on any atom is 0.229 e. The number of para-hydroxylation sites is 1. The third kappa shape index (κ3) is 5.18. The van der Waals surface area contributed by atoms with E-state index < -0.39 is 9.84 Å². The number of fused-ring (bicyclic) bond motifs is 1. The minimum Gasteiger partial charge on any atom is -0.337 e. The molecular formula is C22H22N4O3S2. The standard InChI is InChI=1S/C22H22N4O3S2/c27-21(11-16-31(28,29)18-7-2-1-3-8-18)26(14-6-13-25-15-12-23-17-25)22-24-19-9-4-5-10-20(19)30-22/h1-5,7-10,12,15,17H,6,11,13-14,16H2. The van der Waals surface area contributed by atoms with E-state index in [1.807, 2.05) is 35.0 Å². The topological polar surface area (TPSA) is 85.2 Å². The number of hydrogen-bond donors (Lipinski definition) is 0. The first-order valence-electron chi connectivity index (χ1n) is 9.92. The minimum absolute atomic E-state index is 0.0990. The molecule has 0 unspecified atom stereocenters. The van der Waals surface area contributed by atoms with Crippen molar-refractivity contribution in [3.8, 4) is 0 Å². The summed E-state index contributed by atoms with van der Waals surface area (Å²) in [5.74, 6) is -0.483. The van der Waals surface area contributed by atoms with Crippen LogP contribution in [0.3, 0.4) is 0 Å². The maximum absolute atomic E-state index is 13.1. The molecule has 4 rings (SSSR count). The van der Waals surface area contributed by atoms with Crippen LogP contribution in [0.1, 0.15) is 12.8 Å². The van der Waals surface area contributed by atoms with Crippen molar-refractivity contribution in [2.24, 2.45) is 0 Å². The Morgan fingerprint density at radius 3 is 2.58 bits per heavy atom. The fraction of sp³-hybridized carbons (Fsp3) is 0.227. The van der Waals surface area contributed by atoms with Gasteiger partial charge in [-0.1, -0.05) is 41.7 Å². The van der Waals surface area contributed by atoms with E-state index >= 15 is 0 Å². The second-order valence-electron chi connectivity index (χ2n) is 7.05. The predicted molar refractivity (Wildman–Crippen MR) is 122 cm³/mol. The highest BCUT2D eigenvalue weighted by Crippen LogP contribution is 2.29. The lowest BCUT2D eigenvalue weighted by Crippen LogP contribution is -2.33. The van der Waals surface area contributed by atoms with Crippen molar-refractivity contribution in [2.75, 3.05) is 17.2 Å². The Bertz CT molecular complexity index is 1220. The summed E-state index contributed by atoms with van der Waals surface area (Å²) in [4.78, 5) is 23.6. The van der Waals surface area contributed by atoms with Crippen LogP contribution in [0.5, 0.6) is 0 Å². The first kappa shape index (κ1) is 21.2. The fourth-order valence-electron chi connectivity index (χ4n) is 3.24. The second kappa shape index (κ2) is 9.40. The molecule has 0 radical (unpaired) electrons. The zero-order valence-corrected chi connectivity index (χ0v) is 18.4. The van der Waals surface area contributed by atoms with Gasteiger partial charge in [-0.2, -0.15) is 0 Å². The molecular weight excluding hydrogens is 432 g/mol. The highest BCUT2D eigenvalue weighted by Gasteiger charge is 2.23. The highest BCUT2D eigenvalue weighted by molar-refractivity contribution is 7.91.